The molecule has 1 heterocycles. The number of nitrogens with zero attached hydrogens (tertiary/aromatic N) is 2. The number of nitrogens with two attached hydrogens (primary N) is 1. The number of halogens is 3. The van der Waals surface area contributed by atoms with Crippen LogP contribution in [-0.2, 0) is 6.42 Å². The highest BCUT2D eigenvalue weighted by Crippen LogP contribution is 2.27. The van der Waals surface area contributed by atoms with Gasteiger partial charge in [0.2, 0.25) is 0 Å². The molecule has 108 valence electrons. The Morgan fingerprint density at radius 3 is 2.65 bits per heavy atom. The van der Waals surface area contributed by atoms with Crippen molar-refractivity contribution < 1.29 is 8.78 Å². The van der Waals surface area contributed by atoms with Crippen molar-refractivity contribution in [1.82, 2.24) is 9.78 Å². The molecule has 0 fully saturated rings. The summed E-state index contributed by atoms with van der Waals surface area (Å²) in [7, 11) is 0. The Labute approximate surface area is 121 Å². The molecule has 2 N–H and O–H groups in total. The second-order valence-electron chi connectivity index (χ2n) is 4.96. The third-order valence-electron chi connectivity index (χ3n) is 3.08. The molecule has 2 rings (SSSR count). The molecule has 0 aliphatic carbocycles. The number of rotatable bonds is 4. The molecule has 0 bridgehead atoms. The van der Waals surface area contributed by atoms with Gasteiger partial charge in [0.05, 0.1) is 23.0 Å². The molecule has 0 radical (unpaired) electrons. The smallest absolute Gasteiger partial charge is 0.129 e. The fourth-order valence-electron chi connectivity index (χ4n) is 2.13. The molecule has 0 aliphatic rings. The maximum absolute atomic E-state index is 13.7. The van der Waals surface area contributed by atoms with Gasteiger partial charge in [-0.25, -0.2) is 8.78 Å². The second-order valence-corrected chi connectivity index (χ2v) is 5.37. The summed E-state index contributed by atoms with van der Waals surface area (Å²) >= 11 is 6.10. The predicted molar refractivity (Wildman–Crippen MR) is 74.6 cm³/mol. The molecule has 0 aliphatic heterocycles. The predicted octanol–water partition coefficient (Wildman–Crippen LogP) is 3.64. The van der Waals surface area contributed by atoms with Crippen LogP contribution in [0, 0.1) is 11.6 Å². The van der Waals surface area contributed by atoms with Crippen molar-refractivity contribution in [3.05, 3.63) is 52.3 Å². The first-order valence-corrected chi connectivity index (χ1v) is 6.70. The number of benzene rings is 1. The van der Waals surface area contributed by atoms with Crippen molar-refractivity contribution in [2.75, 3.05) is 0 Å². The van der Waals surface area contributed by atoms with E-state index in [1.165, 1.54) is 18.3 Å². The molecule has 1 atom stereocenters. The van der Waals surface area contributed by atoms with Crippen molar-refractivity contribution in [2.45, 2.75) is 32.4 Å². The average molecular weight is 300 g/mol. The van der Waals surface area contributed by atoms with Gasteiger partial charge in [-0.1, -0.05) is 17.7 Å². The Morgan fingerprint density at radius 1 is 1.35 bits per heavy atom. The van der Waals surface area contributed by atoms with E-state index in [9.17, 15) is 8.78 Å². The fourth-order valence-corrected chi connectivity index (χ4v) is 2.40. The summed E-state index contributed by atoms with van der Waals surface area (Å²) in [5.74, 6) is -1.21. The van der Waals surface area contributed by atoms with E-state index in [1.807, 2.05) is 13.8 Å². The minimum atomic E-state index is -0.606. The third kappa shape index (κ3) is 2.99. The molecule has 0 amide bonds. The van der Waals surface area contributed by atoms with Gasteiger partial charge in [-0.15, -0.1) is 0 Å². The lowest BCUT2D eigenvalue weighted by Gasteiger charge is -2.17. The minimum Gasteiger partial charge on any atom is -0.322 e. The maximum atomic E-state index is 13.7. The summed E-state index contributed by atoms with van der Waals surface area (Å²) in [6.45, 7) is 3.91. The molecule has 2 aromatic rings. The highest BCUT2D eigenvalue weighted by Gasteiger charge is 2.20. The first kappa shape index (κ1) is 14.9. The monoisotopic (exact) mass is 299 g/mol. The van der Waals surface area contributed by atoms with E-state index < -0.39 is 17.7 Å². The van der Waals surface area contributed by atoms with Gasteiger partial charge in [-0.3, -0.25) is 4.68 Å². The van der Waals surface area contributed by atoms with Crippen LogP contribution in [0.4, 0.5) is 8.78 Å². The first-order chi connectivity index (χ1) is 9.40. The number of hydrogen-bond donors (Lipinski definition) is 1. The molecule has 1 aromatic heterocycles. The highest BCUT2D eigenvalue weighted by atomic mass is 35.5. The number of aromatic nitrogens is 2. The lowest BCUT2D eigenvalue weighted by molar-refractivity contribution is 0.481. The van der Waals surface area contributed by atoms with Crippen LogP contribution < -0.4 is 5.73 Å². The van der Waals surface area contributed by atoms with Gasteiger partial charge in [0, 0.05) is 12.1 Å². The summed E-state index contributed by atoms with van der Waals surface area (Å²) in [5.41, 5.74) is 7.12. The molecular formula is C14H16ClF2N3. The van der Waals surface area contributed by atoms with Crippen molar-refractivity contribution in [3.8, 4) is 0 Å². The maximum Gasteiger partial charge on any atom is 0.129 e. The summed E-state index contributed by atoms with van der Waals surface area (Å²) < 4.78 is 28.3. The summed E-state index contributed by atoms with van der Waals surface area (Å²) in [5, 5.41) is 4.62. The van der Waals surface area contributed by atoms with Gasteiger partial charge in [-0.05, 0) is 31.9 Å². The second kappa shape index (κ2) is 5.89. The van der Waals surface area contributed by atoms with Gasteiger partial charge in [0.25, 0.3) is 0 Å². The van der Waals surface area contributed by atoms with E-state index in [-0.39, 0.29) is 12.5 Å². The van der Waals surface area contributed by atoms with Crippen LogP contribution in [0.3, 0.4) is 0 Å². The molecule has 0 saturated carbocycles. The zero-order chi connectivity index (χ0) is 14.9. The first-order valence-electron chi connectivity index (χ1n) is 6.32. The van der Waals surface area contributed by atoms with Crippen molar-refractivity contribution in [1.29, 1.82) is 0 Å². The van der Waals surface area contributed by atoms with E-state index in [0.717, 1.165) is 6.07 Å². The van der Waals surface area contributed by atoms with E-state index in [2.05, 4.69) is 5.10 Å². The fraction of sp³-hybridized carbons (Fsp3) is 0.357. The van der Waals surface area contributed by atoms with Gasteiger partial charge < -0.3 is 5.73 Å². The molecule has 1 unspecified atom stereocenters. The Bertz CT molecular complexity index is 610. The van der Waals surface area contributed by atoms with Gasteiger partial charge in [0.15, 0.2) is 0 Å². The Kier molecular flexibility index (Phi) is 4.40. The van der Waals surface area contributed by atoms with Crippen LogP contribution >= 0.6 is 11.6 Å². The molecule has 0 saturated heterocycles. The molecule has 0 spiro atoms. The lowest BCUT2D eigenvalue weighted by Crippen LogP contribution is -2.20. The van der Waals surface area contributed by atoms with Gasteiger partial charge in [0.1, 0.15) is 11.6 Å². The van der Waals surface area contributed by atoms with Gasteiger partial charge >= 0.3 is 0 Å². The summed E-state index contributed by atoms with van der Waals surface area (Å²) in [4.78, 5) is 0. The van der Waals surface area contributed by atoms with Crippen LogP contribution in [0.5, 0.6) is 0 Å². The minimum absolute atomic E-state index is 0.0987. The lowest BCUT2D eigenvalue weighted by atomic mass is 10.0. The molecular weight excluding hydrogens is 284 g/mol. The molecule has 6 heteroatoms. The average Bonchev–Trinajstić information content (AvgIpc) is 2.75. The Balaban J connectivity index is 2.28. The topological polar surface area (TPSA) is 43.8 Å². The van der Waals surface area contributed by atoms with Crippen LogP contribution in [0.2, 0.25) is 5.02 Å². The van der Waals surface area contributed by atoms with E-state index in [0.29, 0.717) is 16.3 Å². The third-order valence-corrected chi connectivity index (χ3v) is 3.37. The van der Waals surface area contributed by atoms with Crippen LogP contribution in [0.1, 0.15) is 37.2 Å². The standard InChI is InChI=1S/C14H16ClF2N3/c1-8(2)20-14(11(15)7-19-20)13(18)5-9-3-4-10(16)6-12(9)17/h3-4,6-8,13H,5,18H2,1-2H3. The Hall–Kier alpha value is -1.46. The van der Waals surface area contributed by atoms with Crippen LogP contribution in [0.15, 0.2) is 24.4 Å². The molecule has 20 heavy (non-hydrogen) atoms. The van der Waals surface area contributed by atoms with E-state index in [1.54, 1.807) is 4.68 Å². The van der Waals surface area contributed by atoms with Crippen molar-refractivity contribution >= 4 is 11.6 Å². The largest absolute Gasteiger partial charge is 0.322 e. The number of hydrogen-bond acceptors (Lipinski definition) is 2. The SMILES string of the molecule is CC(C)n1ncc(Cl)c1C(N)Cc1ccc(F)cc1F. The Morgan fingerprint density at radius 2 is 2.05 bits per heavy atom. The van der Waals surface area contributed by atoms with Gasteiger partial charge in [-0.2, -0.15) is 5.10 Å². The summed E-state index contributed by atoms with van der Waals surface area (Å²) in [6.07, 6.45) is 1.75. The van der Waals surface area contributed by atoms with Crippen LogP contribution in [0.25, 0.3) is 0 Å². The zero-order valence-electron chi connectivity index (χ0n) is 11.3. The van der Waals surface area contributed by atoms with E-state index >= 15 is 0 Å². The van der Waals surface area contributed by atoms with Crippen LogP contribution in [-0.4, -0.2) is 9.78 Å². The van der Waals surface area contributed by atoms with E-state index in [4.69, 9.17) is 17.3 Å². The zero-order valence-corrected chi connectivity index (χ0v) is 12.0. The quantitative estimate of drug-likeness (QED) is 0.936. The molecule has 1 aromatic carbocycles. The summed E-state index contributed by atoms with van der Waals surface area (Å²) in [6, 6.07) is 3.05. The highest BCUT2D eigenvalue weighted by molar-refractivity contribution is 6.31. The van der Waals surface area contributed by atoms with Crippen molar-refractivity contribution in [2.24, 2.45) is 5.73 Å². The molecule has 3 nitrogen and oxygen atoms in total. The van der Waals surface area contributed by atoms with Crippen molar-refractivity contribution in [3.63, 3.8) is 0 Å². The normalized spacial score (nSPS) is 12.9.